The highest BCUT2D eigenvalue weighted by Gasteiger charge is 2.34. The van der Waals surface area contributed by atoms with E-state index in [-0.39, 0.29) is 34.5 Å². The fraction of sp³-hybridized carbons (Fsp3) is 0.286. The van der Waals surface area contributed by atoms with Crippen LogP contribution in [0, 0.1) is 12.4 Å². The summed E-state index contributed by atoms with van der Waals surface area (Å²) in [7, 11) is -3.93. The van der Waals surface area contributed by atoms with Gasteiger partial charge >= 0.3 is 0 Å². The molecular formula is C21H18FN5O4S2. The molecule has 33 heavy (non-hydrogen) atoms. The van der Waals surface area contributed by atoms with E-state index in [1.165, 1.54) is 18.3 Å². The molecule has 1 aliphatic carbocycles. The van der Waals surface area contributed by atoms with Gasteiger partial charge < -0.3 is 15.5 Å². The Kier molecular flexibility index (Phi) is 6.09. The van der Waals surface area contributed by atoms with Crippen molar-refractivity contribution in [3.63, 3.8) is 0 Å². The predicted octanol–water partition coefficient (Wildman–Crippen LogP) is 2.53. The molecule has 0 radical (unpaired) electrons. The number of hydrogen-bond donors (Lipinski definition) is 2. The highest BCUT2D eigenvalue weighted by atomic mass is 32.2. The van der Waals surface area contributed by atoms with E-state index in [2.05, 4.69) is 25.4 Å². The number of fused-ring (bicyclic) bond motifs is 1. The van der Waals surface area contributed by atoms with E-state index in [1.807, 2.05) is 0 Å². The van der Waals surface area contributed by atoms with Gasteiger partial charge in [0.2, 0.25) is 11.8 Å². The van der Waals surface area contributed by atoms with Gasteiger partial charge in [0.05, 0.1) is 16.8 Å². The van der Waals surface area contributed by atoms with Gasteiger partial charge in [0.25, 0.3) is 5.82 Å². The van der Waals surface area contributed by atoms with Crippen molar-refractivity contribution in [1.29, 1.82) is 0 Å². The first-order valence-electron chi connectivity index (χ1n) is 9.85. The molecule has 1 atom stereocenters. The molecule has 1 unspecified atom stereocenters. The molecule has 9 nitrogen and oxygen atoms in total. The molecule has 4 rings (SSSR count). The lowest BCUT2D eigenvalue weighted by molar-refractivity contribution is -0.126. The van der Waals surface area contributed by atoms with Crippen molar-refractivity contribution in [3.8, 4) is 11.1 Å². The van der Waals surface area contributed by atoms with E-state index in [1.54, 1.807) is 6.07 Å². The molecule has 2 heterocycles. The summed E-state index contributed by atoms with van der Waals surface area (Å²) in [5, 5.41) is 3.41. The number of thiazole rings is 1. The standard InChI is InChI=1S/C21H18FN5O4S2/c1-23-17-6-3-11(9-24-17)13-7-16-15(8-14(13)22)27-21(32-16)19(33(2,30)31)20(29)25-10-18(28)26-12-4-5-12/h3,6-9,12,19H,4-5,10H2,2H3,(H,25,29)(H,26,28). The number of benzene rings is 1. The van der Waals surface area contributed by atoms with Gasteiger partial charge in [-0.05, 0) is 25.0 Å². The molecule has 1 aliphatic rings. The molecule has 2 amide bonds. The Bertz CT molecular complexity index is 1390. The van der Waals surface area contributed by atoms with Crippen LogP contribution in [0.25, 0.3) is 26.2 Å². The minimum Gasteiger partial charge on any atom is -0.361 e. The Labute approximate surface area is 192 Å². The number of amides is 2. The van der Waals surface area contributed by atoms with Crippen molar-refractivity contribution in [2.24, 2.45) is 0 Å². The molecule has 2 aromatic heterocycles. The number of carbonyl (C=O) groups is 2. The summed E-state index contributed by atoms with van der Waals surface area (Å²) in [4.78, 5) is 35.9. The van der Waals surface area contributed by atoms with E-state index < -0.39 is 32.7 Å². The van der Waals surface area contributed by atoms with Crippen LogP contribution in [0.1, 0.15) is 23.1 Å². The fourth-order valence-electron chi connectivity index (χ4n) is 3.17. The lowest BCUT2D eigenvalue weighted by Gasteiger charge is -2.12. The number of rotatable bonds is 7. The number of pyridine rings is 1. The van der Waals surface area contributed by atoms with Crippen molar-refractivity contribution in [2.45, 2.75) is 24.1 Å². The van der Waals surface area contributed by atoms with Crippen LogP contribution >= 0.6 is 11.3 Å². The average molecular weight is 488 g/mol. The summed E-state index contributed by atoms with van der Waals surface area (Å²) in [5.74, 6) is -1.70. The minimum atomic E-state index is -3.93. The van der Waals surface area contributed by atoms with Gasteiger partial charge in [0.1, 0.15) is 17.0 Å². The minimum absolute atomic E-state index is 0.0226. The van der Waals surface area contributed by atoms with Gasteiger partial charge in [-0.2, -0.15) is 0 Å². The van der Waals surface area contributed by atoms with Crippen LogP contribution in [-0.4, -0.2) is 49.0 Å². The number of carbonyl (C=O) groups excluding carboxylic acids is 2. The van der Waals surface area contributed by atoms with E-state index in [9.17, 15) is 22.4 Å². The molecule has 1 saturated carbocycles. The van der Waals surface area contributed by atoms with Crippen LogP contribution in [0.3, 0.4) is 0 Å². The molecule has 0 aliphatic heterocycles. The quantitative estimate of drug-likeness (QED) is 0.494. The number of hydrogen-bond acceptors (Lipinski definition) is 7. The highest BCUT2D eigenvalue weighted by Crippen LogP contribution is 2.35. The van der Waals surface area contributed by atoms with Gasteiger partial charge in [-0.1, -0.05) is 12.6 Å². The Balaban J connectivity index is 1.63. The first-order valence-corrected chi connectivity index (χ1v) is 12.6. The third-order valence-electron chi connectivity index (χ3n) is 4.92. The molecular weight excluding hydrogens is 469 g/mol. The summed E-state index contributed by atoms with van der Waals surface area (Å²) in [6, 6.07) is 5.80. The fourth-order valence-corrected chi connectivity index (χ4v) is 5.70. The van der Waals surface area contributed by atoms with Crippen molar-refractivity contribution < 1.29 is 22.4 Å². The molecule has 0 bridgehead atoms. The largest absolute Gasteiger partial charge is 0.361 e. The van der Waals surface area contributed by atoms with Crippen LogP contribution in [0.5, 0.6) is 0 Å². The molecule has 1 aromatic carbocycles. The van der Waals surface area contributed by atoms with Gasteiger partial charge in [0.15, 0.2) is 15.1 Å². The maximum absolute atomic E-state index is 14.7. The second kappa shape index (κ2) is 8.84. The van der Waals surface area contributed by atoms with E-state index in [0.29, 0.717) is 10.3 Å². The Morgan fingerprint density at radius 1 is 1.33 bits per heavy atom. The third kappa shape index (κ3) is 5.15. The van der Waals surface area contributed by atoms with Crippen molar-refractivity contribution in [1.82, 2.24) is 20.6 Å². The summed E-state index contributed by atoms with van der Waals surface area (Å²) in [6.07, 6.45) is 4.05. The maximum Gasteiger partial charge on any atom is 0.269 e. The Hall–Kier alpha value is -3.43. The van der Waals surface area contributed by atoms with Crippen molar-refractivity contribution in [3.05, 3.63) is 52.7 Å². The van der Waals surface area contributed by atoms with Crippen molar-refractivity contribution in [2.75, 3.05) is 12.8 Å². The van der Waals surface area contributed by atoms with E-state index >= 15 is 0 Å². The first-order chi connectivity index (χ1) is 15.7. The molecule has 12 heteroatoms. The van der Waals surface area contributed by atoms with E-state index in [4.69, 9.17) is 6.57 Å². The Morgan fingerprint density at radius 2 is 2.09 bits per heavy atom. The number of nitrogens with zero attached hydrogens (tertiary/aromatic N) is 3. The maximum atomic E-state index is 14.7. The van der Waals surface area contributed by atoms with Gasteiger partial charge in [-0.3, -0.25) is 9.59 Å². The smallest absolute Gasteiger partial charge is 0.269 e. The number of halogens is 1. The van der Waals surface area contributed by atoms with E-state index in [0.717, 1.165) is 36.5 Å². The molecule has 0 saturated heterocycles. The van der Waals surface area contributed by atoms with Crippen molar-refractivity contribution >= 4 is 49.0 Å². The zero-order valence-corrected chi connectivity index (χ0v) is 19.0. The molecule has 0 spiro atoms. The van der Waals surface area contributed by atoms with Gasteiger partial charge in [-0.15, -0.1) is 16.3 Å². The SMILES string of the molecule is [C-]#[N+]c1ccc(-c2cc3sc(C(C(=O)NCC(=O)NC4CC4)S(C)(=O)=O)nc3cc2F)cn1. The zero-order valence-electron chi connectivity index (χ0n) is 17.3. The van der Waals surface area contributed by atoms with Gasteiger partial charge in [-0.25, -0.2) is 17.8 Å². The van der Waals surface area contributed by atoms with Crippen LogP contribution in [0.2, 0.25) is 0 Å². The van der Waals surface area contributed by atoms with Crippen LogP contribution in [0.4, 0.5) is 10.2 Å². The van der Waals surface area contributed by atoms with Crippen LogP contribution in [-0.2, 0) is 19.4 Å². The Morgan fingerprint density at radius 3 is 2.70 bits per heavy atom. The predicted molar refractivity (Wildman–Crippen MR) is 121 cm³/mol. The van der Waals surface area contributed by atoms with Gasteiger partial charge in [0, 0.05) is 29.5 Å². The molecule has 2 N–H and O–H groups in total. The lowest BCUT2D eigenvalue weighted by atomic mass is 10.1. The first kappa shape index (κ1) is 22.8. The summed E-state index contributed by atoms with van der Waals surface area (Å²) in [5.41, 5.74) is 0.851. The second-order valence-corrected chi connectivity index (χ2v) is 10.8. The zero-order chi connectivity index (χ0) is 23.8. The molecule has 3 aromatic rings. The van der Waals surface area contributed by atoms with Crippen LogP contribution in [0.15, 0.2) is 30.5 Å². The molecule has 1 fully saturated rings. The highest BCUT2D eigenvalue weighted by molar-refractivity contribution is 7.91. The number of nitrogens with one attached hydrogen (secondary N) is 2. The molecule has 170 valence electrons. The number of sulfone groups is 1. The second-order valence-electron chi connectivity index (χ2n) is 7.64. The summed E-state index contributed by atoms with van der Waals surface area (Å²) >= 11 is 0.953. The summed E-state index contributed by atoms with van der Waals surface area (Å²) < 4.78 is 40.0. The van der Waals surface area contributed by atoms with Crippen LogP contribution < -0.4 is 10.6 Å². The number of aromatic nitrogens is 2. The lowest BCUT2D eigenvalue weighted by Crippen LogP contribution is -2.41. The monoisotopic (exact) mass is 487 g/mol. The topological polar surface area (TPSA) is 122 Å². The average Bonchev–Trinajstić information content (AvgIpc) is 3.48. The third-order valence-corrected chi connectivity index (χ3v) is 7.45. The normalized spacial score (nSPS) is 14.5. The summed E-state index contributed by atoms with van der Waals surface area (Å²) in [6.45, 7) is 6.61.